The normalized spacial score (nSPS) is 22.5. The van der Waals surface area contributed by atoms with Crippen LogP contribution in [0.15, 0.2) is 30.4 Å². The first kappa shape index (κ1) is 41.7. The van der Waals surface area contributed by atoms with Crippen LogP contribution in [0.25, 0.3) is 0 Å². The summed E-state index contributed by atoms with van der Waals surface area (Å²) in [7, 11) is -3.62. The molecule has 0 aromatic heterocycles. The summed E-state index contributed by atoms with van der Waals surface area (Å²) < 4.78 is 51.7. The molecular formula is C36H48ClFN6O10S. The maximum Gasteiger partial charge on any atom is 0.410 e. The summed E-state index contributed by atoms with van der Waals surface area (Å²) in [4.78, 5) is 81.9. The number of nitrogens with zero attached hydrogens (tertiary/aromatic N) is 3. The Hall–Kier alpha value is -4.45. The molecule has 302 valence electrons. The van der Waals surface area contributed by atoms with Gasteiger partial charge >= 0.3 is 12.2 Å². The number of ether oxygens (including phenoxy) is 2. The molecular weight excluding hydrogens is 763 g/mol. The summed E-state index contributed by atoms with van der Waals surface area (Å²) in [5.74, 6) is -4.11. The van der Waals surface area contributed by atoms with E-state index < -0.39 is 92.5 Å². The van der Waals surface area contributed by atoms with E-state index in [1.165, 1.54) is 15.9 Å². The first-order valence-corrected chi connectivity index (χ1v) is 20.3. The second kappa shape index (κ2) is 17.1. The highest BCUT2D eigenvalue weighted by Gasteiger charge is 2.46. The first-order valence-electron chi connectivity index (χ1n) is 18.2. The van der Waals surface area contributed by atoms with E-state index in [0.717, 1.165) is 4.90 Å². The molecule has 16 nitrogen and oxygen atoms in total. The number of carbonyl (C=O) groups excluding carboxylic acids is 6. The highest BCUT2D eigenvalue weighted by atomic mass is 35.5. The molecule has 19 heteroatoms. The van der Waals surface area contributed by atoms with Crippen molar-refractivity contribution in [3.63, 3.8) is 0 Å². The van der Waals surface area contributed by atoms with Gasteiger partial charge in [-0.2, -0.15) is 0 Å². The molecule has 55 heavy (non-hydrogen) atoms. The predicted molar refractivity (Wildman–Crippen MR) is 196 cm³/mol. The average Bonchev–Trinajstić information content (AvgIpc) is 4.02. The van der Waals surface area contributed by atoms with Crippen molar-refractivity contribution in [3.05, 3.63) is 47.3 Å². The van der Waals surface area contributed by atoms with E-state index in [-0.39, 0.29) is 45.1 Å². The van der Waals surface area contributed by atoms with Crippen LogP contribution in [0.4, 0.5) is 14.0 Å². The lowest BCUT2D eigenvalue weighted by atomic mass is 10.1. The summed E-state index contributed by atoms with van der Waals surface area (Å²) in [6, 6.07) is 1.91. The number of unbranched alkanes of at least 4 members (excludes halogenated alkanes) is 1. The summed E-state index contributed by atoms with van der Waals surface area (Å²) in [5, 5.41) is 2.02. The van der Waals surface area contributed by atoms with Crippen LogP contribution in [0.1, 0.15) is 70.4 Å². The Kier molecular flexibility index (Phi) is 13.0. The number of alkyl carbamates (subject to hydrolysis) is 1. The quantitative estimate of drug-likeness (QED) is 0.134. The van der Waals surface area contributed by atoms with Gasteiger partial charge in [-0.25, -0.2) is 22.4 Å². The smallest absolute Gasteiger partial charge is 0.410 e. The molecule has 0 radical (unpaired) electrons. The number of rotatable bonds is 15. The third-order valence-electron chi connectivity index (χ3n) is 9.75. The number of allylic oxidation sites excluding steroid dienone is 2. The zero-order valence-corrected chi connectivity index (χ0v) is 32.6. The Bertz CT molecular complexity index is 1820. The maximum atomic E-state index is 14.3. The maximum absolute atomic E-state index is 14.3. The standard InChI is InChI=1S/C36H48ClFN6O10S/c1-36(2,3)54-34(49)40-28(20-42(30(45)16-37)13-6-4-5-8-21-14-25(21)32(47)41-55(51,52)24-11-12-24)33(48)44-18-23(15-29(44)31(39)46)53-35(50)43-17-22-9-7-10-27(38)26(22)19-43/h5,7-10,21,23-25,28-29H,4,6,11-20H2,1-3H3,(H2,39,46)(H,40,49)(H,41,47). The van der Waals surface area contributed by atoms with Crippen LogP contribution < -0.4 is 15.8 Å². The van der Waals surface area contributed by atoms with Crippen molar-refractivity contribution >= 4 is 57.4 Å². The highest BCUT2D eigenvalue weighted by Crippen LogP contribution is 2.40. The summed E-state index contributed by atoms with van der Waals surface area (Å²) in [6.07, 6.45) is 3.34. The Morgan fingerprint density at radius 3 is 2.49 bits per heavy atom. The predicted octanol–water partition coefficient (Wildman–Crippen LogP) is 2.27. The molecule has 2 saturated carbocycles. The minimum Gasteiger partial charge on any atom is -0.444 e. The third-order valence-corrected chi connectivity index (χ3v) is 11.8. The fourth-order valence-electron chi connectivity index (χ4n) is 6.66. The topological polar surface area (TPSA) is 215 Å². The molecule has 5 unspecified atom stereocenters. The number of nitrogens with two attached hydrogens (primary N) is 1. The third kappa shape index (κ3) is 11.1. The first-order chi connectivity index (χ1) is 25.9. The van der Waals surface area contributed by atoms with E-state index in [1.807, 2.05) is 12.2 Å². The SMILES string of the molecule is CC(C)(C)OC(=O)NC(CN(CCCC=CC1CC1C(=O)NS(=O)(=O)C1CC1)C(=O)CCl)C(=O)N1CC(OC(=O)N2Cc3cccc(F)c3C2)CC1C(N)=O. The molecule has 4 N–H and O–H groups in total. The number of likely N-dealkylation sites (tertiary alicyclic amines) is 1. The van der Waals surface area contributed by atoms with E-state index in [2.05, 4.69) is 10.0 Å². The van der Waals surface area contributed by atoms with Crippen LogP contribution >= 0.6 is 11.6 Å². The number of fused-ring (bicyclic) bond motifs is 1. The van der Waals surface area contributed by atoms with Crippen LogP contribution in [-0.2, 0) is 51.8 Å². The van der Waals surface area contributed by atoms with Gasteiger partial charge in [0, 0.05) is 31.0 Å². The summed E-state index contributed by atoms with van der Waals surface area (Å²) in [6.45, 7) is 4.50. The average molecular weight is 811 g/mol. The van der Waals surface area contributed by atoms with Gasteiger partial charge < -0.3 is 30.3 Å². The monoisotopic (exact) mass is 810 g/mol. The van der Waals surface area contributed by atoms with Gasteiger partial charge in [-0.15, -0.1) is 11.6 Å². The van der Waals surface area contributed by atoms with Crippen molar-refractivity contribution in [2.45, 2.75) is 101 Å². The van der Waals surface area contributed by atoms with Crippen molar-refractivity contribution in [3.8, 4) is 0 Å². The molecule has 2 heterocycles. The number of amides is 6. The van der Waals surface area contributed by atoms with Crippen LogP contribution in [0.2, 0.25) is 0 Å². The van der Waals surface area contributed by atoms with E-state index in [0.29, 0.717) is 43.2 Å². The zero-order chi connectivity index (χ0) is 40.2. The lowest BCUT2D eigenvalue weighted by Gasteiger charge is -2.32. The molecule has 2 aliphatic carbocycles. The second-order valence-corrected chi connectivity index (χ2v) is 17.6. The molecule has 3 fully saturated rings. The molecule has 1 aromatic rings. The number of primary amides is 1. The van der Waals surface area contributed by atoms with Gasteiger partial charge in [0.05, 0.1) is 24.9 Å². The van der Waals surface area contributed by atoms with E-state index in [4.69, 9.17) is 26.8 Å². The van der Waals surface area contributed by atoms with Crippen molar-refractivity contribution < 1.29 is 51.0 Å². The van der Waals surface area contributed by atoms with Crippen molar-refractivity contribution in [1.82, 2.24) is 24.7 Å². The molecule has 4 aliphatic rings. The molecule has 0 spiro atoms. The molecule has 6 amide bonds. The lowest BCUT2D eigenvalue weighted by Crippen LogP contribution is -2.57. The Labute approximate surface area is 324 Å². The minimum atomic E-state index is -3.62. The fourth-order valence-corrected chi connectivity index (χ4v) is 8.18. The number of nitrogens with one attached hydrogen (secondary N) is 2. The van der Waals surface area contributed by atoms with Crippen molar-refractivity contribution in [2.75, 3.05) is 25.5 Å². The zero-order valence-electron chi connectivity index (χ0n) is 31.0. The van der Waals surface area contributed by atoms with Crippen LogP contribution in [-0.4, -0.2) is 113 Å². The van der Waals surface area contributed by atoms with Gasteiger partial charge in [-0.3, -0.25) is 28.8 Å². The number of halogens is 2. The van der Waals surface area contributed by atoms with Crippen molar-refractivity contribution in [1.29, 1.82) is 0 Å². The number of alkyl halides is 1. The molecule has 1 aromatic carbocycles. The number of carbonyl (C=O) groups is 6. The number of benzene rings is 1. The van der Waals surface area contributed by atoms with Gasteiger partial charge in [-0.05, 0) is 70.4 Å². The number of hydrogen-bond acceptors (Lipinski definition) is 10. The molecule has 0 bridgehead atoms. The summed E-state index contributed by atoms with van der Waals surface area (Å²) >= 11 is 5.93. The highest BCUT2D eigenvalue weighted by molar-refractivity contribution is 7.90. The Morgan fingerprint density at radius 2 is 1.85 bits per heavy atom. The summed E-state index contributed by atoms with van der Waals surface area (Å²) in [5.41, 5.74) is 5.75. The number of hydrogen-bond donors (Lipinski definition) is 3. The molecule has 2 aliphatic heterocycles. The van der Waals surface area contributed by atoms with Crippen LogP contribution in [0, 0.1) is 17.7 Å². The van der Waals surface area contributed by atoms with Gasteiger partial charge in [-0.1, -0.05) is 24.3 Å². The van der Waals surface area contributed by atoms with Crippen LogP contribution in [0.3, 0.4) is 0 Å². The largest absolute Gasteiger partial charge is 0.444 e. The van der Waals surface area contributed by atoms with Gasteiger partial charge in [0.2, 0.25) is 33.7 Å². The Balaban J connectivity index is 1.21. The van der Waals surface area contributed by atoms with E-state index in [9.17, 15) is 41.6 Å². The van der Waals surface area contributed by atoms with Gasteiger partial charge in [0.25, 0.3) is 0 Å². The Morgan fingerprint density at radius 1 is 1.13 bits per heavy atom. The van der Waals surface area contributed by atoms with E-state index >= 15 is 0 Å². The minimum absolute atomic E-state index is 0.0113. The van der Waals surface area contributed by atoms with E-state index in [1.54, 1.807) is 32.9 Å². The lowest BCUT2D eigenvalue weighted by molar-refractivity contribution is -0.140. The molecule has 1 saturated heterocycles. The van der Waals surface area contributed by atoms with Crippen LogP contribution in [0.5, 0.6) is 0 Å². The molecule has 5 atom stereocenters. The van der Waals surface area contributed by atoms with Gasteiger partial charge in [0.1, 0.15) is 35.5 Å². The van der Waals surface area contributed by atoms with Gasteiger partial charge in [0.15, 0.2) is 0 Å². The number of sulfonamides is 1. The second-order valence-electron chi connectivity index (χ2n) is 15.3. The van der Waals surface area contributed by atoms with Crippen molar-refractivity contribution in [2.24, 2.45) is 17.6 Å². The molecule has 5 rings (SSSR count). The fraction of sp³-hybridized carbons (Fsp3) is 0.611.